The Kier molecular flexibility index (Phi) is 4.51. The van der Waals surface area contributed by atoms with E-state index in [0.717, 1.165) is 37.8 Å². The van der Waals surface area contributed by atoms with Gasteiger partial charge in [0, 0.05) is 13.3 Å². The van der Waals surface area contributed by atoms with Crippen molar-refractivity contribution in [2.75, 3.05) is 0 Å². The normalized spacial score (nSPS) is 43.8. The number of ether oxygens (including phenoxy) is 1. The summed E-state index contributed by atoms with van der Waals surface area (Å²) in [6.45, 7) is 8.30. The first-order chi connectivity index (χ1) is 12.8. The molecule has 1 N–H and O–H groups in total. The molecule has 0 unspecified atom stereocenters. The third-order valence-electron chi connectivity index (χ3n) is 8.51. The van der Waals surface area contributed by atoms with Crippen molar-refractivity contribution in [2.24, 2.45) is 33.7 Å². The van der Waals surface area contributed by atoms with Crippen LogP contribution in [0.15, 0.2) is 28.5 Å². The van der Waals surface area contributed by atoms with Gasteiger partial charge in [-0.05, 0) is 79.6 Å². The fraction of sp³-hybridized carbons (Fsp3) is 0.739. The van der Waals surface area contributed by atoms with Crippen LogP contribution in [0.1, 0.15) is 72.6 Å². The van der Waals surface area contributed by atoms with Crippen molar-refractivity contribution < 1.29 is 14.7 Å². The van der Waals surface area contributed by atoms with Gasteiger partial charge in [-0.3, -0.25) is 4.79 Å². The maximum atomic E-state index is 11.4. The minimum Gasteiger partial charge on any atom is -0.462 e. The monoisotopic (exact) mass is 371 g/mol. The standard InChI is InChI=1S/C23H33NO3/c1-14(24-26)19-7-8-20-18-6-5-16-13-17(27-15(2)25)9-11-22(16,3)21(18)10-12-23(19,20)4/h5,7,17-18,20-21,26H,6,8-13H2,1-4H3/b24-14+/t17-,18+,20+,21+,22+,23-/m1/s1. The highest BCUT2D eigenvalue weighted by atomic mass is 16.5. The van der Waals surface area contributed by atoms with E-state index in [4.69, 9.17) is 4.74 Å². The molecular weight excluding hydrogens is 338 g/mol. The van der Waals surface area contributed by atoms with E-state index in [1.165, 1.54) is 30.9 Å². The van der Waals surface area contributed by atoms with Gasteiger partial charge < -0.3 is 9.94 Å². The molecule has 0 saturated heterocycles. The molecule has 0 aromatic carbocycles. The summed E-state index contributed by atoms with van der Waals surface area (Å²) in [5.74, 6) is 1.90. The van der Waals surface area contributed by atoms with Gasteiger partial charge in [-0.2, -0.15) is 0 Å². The molecule has 2 fully saturated rings. The Morgan fingerprint density at radius 3 is 2.56 bits per heavy atom. The second-order valence-corrected chi connectivity index (χ2v) is 9.73. The minimum absolute atomic E-state index is 0.0652. The Balaban J connectivity index is 1.59. The zero-order valence-corrected chi connectivity index (χ0v) is 17.1. The van der Waals surface area contributed by atoms with Crippen molar-refractivity contribution in [2.45, 2.75) is 78.7 Å². The van der Waals surface area contributed by atoms with E-state index in [2.05, 4.69) is 31.2 Å². The van der Waals surface area contributed by atoms with E-state index >= 15 is 0 Å². The lowest BCUT2D eigenvalue weighted by molar-refractivity contribution is -0.148. The molecule has 0 radical (unpaired) electrons. The number of nitrogens with zero attached hydrogens (tertiary/aromatic N) is 1. The molecule has 0 aromatic rings. The van der Waals surface area contributed by atoms with Crippen LogP contribution in [0, 0.1) is 28.6 Å². The second kappa shape index (κ2) is 6.49. The molecule has 0 spiro atoms. The largest absolute Gasteiger partial charge is 0.462 e. The fourth-order valence-corrected chi connectivity index (χ4v) is 7.14. The number of oxime groups is 1. The maximum Gasteiger partial charge on any atom is 0.302 e. The summed E-state index contributed by atoms with van der Waals surface area (Å²) in [5.41, 5.74) is 3.99. The average Bonchev–Trinajstić information content (AvgIpc) is 2.98. The van der Waals surface area contributed by atoms with E-state index in [9.17, 15) is 10.0 Å². The number of hydrogen-bond donors (Lipinski definition) is 1. The number of esters is 1. The fourth-order valence-electron chi connectivity index (χ4n) is 7.14. The molecule has 0 heterocycles. The Morgan fingerprint density at radius 1 is 1.11 bits per heavy atom. The summed E-state index contributed by atoms with van der Waals surface area (Å²) in [6, 6.07) is 0. The highest BCUT2D eigenvalue weighted by molar-refractivity contribution is 5.99. The van der Waals surface area contributed by atoms with Crippen LogP contribution in [0.25, 0.3) is 0 Å². The van der Waals surface area contributed by atoms with E-state index in [0.29, 0.717) is 17.8 Å². The summed E-state index contributed by atoms with van der Waals surface area (Å²) >= 11 is 0. The lowest BCUT2D eigenvalue weighted by atomic mass is 9.47. The highest BCUT2D eigenvalue weighted by Gasteiger charge is 2.57. The molecule has 2 saturated carbocycles. The lowest BCUT2D eigenvalue weighted by Gasteiger charge is -2.57. The van der Waals surface area contributed by atoms with Gasteiger partial charge in [-0.1, -0.05) is 36.7 Å². The summed E-state index contributed by atoms with van der Waals surface area (Å²) < 4.78 is 5.53. The molecule has 4 nitrogen and oxygen atoms in total. The number of fused-ring (bicyclic) bond motifs is 5. The Bertz CT molecular complexity index is 736. The first kappa shape index (κ1) is 18.8. The predicted molar refractivity (Wildman–Crippen MR) is 106 cm³/mol. The molecule has 0 amide bonds. The van der Waals surface area contributed by atoms with Gasteiger partial charge in [-0.15, -0.1) is 0 Å². The number of rotatable bonds is 2. The van der Waals surface area contributed by atoms with Crippen LogP contribution in [-0.4, -0.2) is 23.0 Å². The third kappa shape index (κ3) is 2.78. The van der Waals surface area contributed by atoms with Crippen molar-refractivity contribution >= 4 is 11.7 Å². The predicted octanol–water partition coefficient (Wildman–Crippen LogP) is 5.27. The van der Waals surface area contributed by atoms with E-state index in [1.54, 1.807) is 0 Å². The van der Waals surface area contributed by atoms with Crippen molar-refractivity contribution in [1.29, 1.82) is 0 Å². The average molecular weight is 372 g/mol. The molecule has 4 aliphatic rings. The maximum absolute atomic E-state index is 11.4. The van der Waals surface area contributed by atoms with Crippen molar-refractivity contribution in [3.63, 3.8) is 0 Å². The first-order valence-electron chi connectivity index (χ1n) is 10.6. The van der Waals surface area contributed by atoms with Crippen LogP contribution in [0.5, 0.6) is 0 Å². The van der Waals surface area contributed by atoms with Crippen molar-refractivity contribution in [1.82, 2.24) is 0 Å². The Morgan fingerprint density at radius 2 is 1.85 bits per heavy atom. The number of carbonyl (C=O) groups is 1. The van der Waals surface area contributed by atoms with Crippen LogP contribution >= 0.6 is 0 Å². The SMILES string of the molecule is CC(=O)O[C@@H]1CC[C@@]2(C)C(=CC[C@@H]3[C@@H]2CC[C@]2(C)C(/C(C)=N/O)=CC[C@@H]32)C1. The zero-order valence-electron chi connectivity index (χ0n) is 17.1. The molecule has 4 aliphatic carbocycles. The third-order valence-corrected chi connectivity index (χ3v) is 8.51. The summed E-state index contributed by atoms with van der Waals surface area (Å²) in [7, 11) is 0. The highest BCUT2D eigenvalue weighted by Crippen LogP contribution is 2.65. The lowest BCUT2D eigenvalue weighted by Crippen LogP contribution is -2.50. The minimum atomic E-state index is -0.156. The van der Waals surface area contributed by atoms with Crippen LogP contribution in [0.4, 0.5) is 0 Å². The van der Waals surface area contributed by atoms with Crippen molar-refractivity contribution in [3.05, 3.63) is 23.3 Å². The van der Waals surface area contributed by atoms with Crippen LogP contribution in [-0.2, 0) is 9.53 Å². The van der Waals surface area contributed by atoms with Crippen LogP contribution in [0.2, 0.25) is 0 Å². The summed E-state index contributed by atoms with van der Waals surface area (Å²) in [6.07, 6.45) is 12.6. The van der Waals surface area contributed by atoms with Crippen molar-refractivity contribution in [3.8, 4) is 0 Å². The van der Waals surface area contributed by atoms with Crippen LogP contribution < -0.4 is 0 Å². The van der Waals surface area contributed by atoms with Gasteiger partial charge in [-0.25, -0.2) is 0 Å². The second-order valence-electron chi connectivity index (χ2n) is 9.73. The molecular formula is C23H33NO3. The molecule has 0 aromatic heterocycles. The quantitative estimate of drug-likeness (QED) is 0.237. The van der Waals surface area contributed by atoms with Gasteiger partial charge in [0.05, 0.1) is 5.71 Å². The number of hydrogen-bond acceptors (Lipinski definition) is 4. The Labute approximate surface area is 162 Å². The van der Waals surface area contributed by atoms with Gasteiger partial charge in [0.25, 0.3) is 0 Å². The molecule has 148 valence electrons. The van der Waals surface area contributed by atoms with E-state index < -0.39 is 0 Å². The molecule has 0 aliphatic heterocycles. The van der Waals surface area contributed by atoms with Gasteiger partial charge in [0.15, 0.2) is 0 Å². The van der Waals surface area contributed by atoms with E-state index in [-0.39, 0.29) is 22.9 Å². The van der Waals surface area contributed by atoms with Gasteiger partial charge in [0.2, 0.25) is 0 Å². The molecule has 0 bridgehead atoms. The first-order valence-corrected chi connectivity index (χ1v) is 10.6. The van der Waals surface area contributed by atoms with Gasteiger partial charge >= 0.3 is 5.97 Å². The number of carbonyl (C=O) groups excluding carboxylic acids is 1. The molecule has 6 atom stereocenters. The molecule has 4 rings (SSSR count). The summed E-state index contributed by atoms with van der Waals surface area (Å²) in [5, 5.41) is 12.8. The molecule has 27 heavy (non-hydrogen) atoms. The topological polar surface area (TPSA) is 58.9 Å². The van der Waals surface area contributed by atoms with E-state index in [1.807, 2.05) is 6.92 Å². The molecule has 4 heteroatoms. The Hall–Kier alpha value is -1.58. The van der Waals surface area contributed by atoms with Gasteiger partial charge in [0.1, 0.15) is 6.10 Å². The van der Waals surface area contributed by atoms with Crippen LogP contribution in [0.3, 0.4) is 0 Å². The zero-order chi connectivity index (χ0) is 19.4. The smallest absolute Gasteiger partial charge is 0.302 e. The summed E-state index contributed by atoms with van der Waals surface area (Å²) in [4.78, 5) is 11.4. The number of allylic oxidation sites excluding steroid dienone is 3.